The van der Waals surface area contributed by atoms with E-state index in [1.165, 1.54) is 28.8 Å². The highest BCUT2D eigenvalue weighted by Gasteiger charge is 2.32. The van der Waals surface area contributed by atoms with Crippen molar-refractivity contribution in [3.63, 3.8) is 0 Å². The molecule has 1 aromatic rings. The fourth-order valence-corrected chi connectivity index (χ4v) is 3.95. The normalized spacial score (nSPS) is 15.9. The summed E-state index contributed by atoms with van der Waals surface area (Å²) in [5.74, 6) is -2.84. The number of H-pyrrole nitrogens is 2. The van der Waals surface area contributed by atoms with Crippen LogP contribution in [0.25, 0.3) is 22.3 Å². The number of aromatic amines is 2. The van der Waals surface area contributed by atoms with Gasteiger partial charge in [0.1, 0.15) is 24.0 Å². The number of aromatic nitrogens is 3. The Balaban J connectivity index is 1.87. The molecule has 7 N–H and O–H groups in total. The van der Waals surface area contributed by atoms with Crippen molar-refractivity contribution in [2.24, 2.45) is 0 Å². The maximum atomic E-state index is 12.3. The minimum absolute atomic E-state index is 0.00153. The lowest BCUT2D eigenvalue weighted by molar-refractivity contribution is -0.135. The molecule has 188 valence electrons. The Labute approximate surface area is 194 Å². The van der Waals surface area contributed by atoms with Gasteiger partial charge in [-0.15, -0.1) is 0 Å². The molecule has 35 heavy (non-hydrogen) atoms. The van der Waals surface area contributed by atoms with Gasteiger partial charge in [-0.25, -0.2) is 14.2 Å². The highest BCUT2D eigenvalue weighted by atomic mass is 31.2. The van der Waals surface area contributed by atoms with E-state index in [-0.39, 0.29) is 16.7 Å². The highest BCUT2D eigenvalue weighted by Crippen LogP contribution is 2.45. The quantitative estimate of drug-likeness (QED) is 0.0694. The predicted molar refractivity (Wildman–Crippen MR) is 118 cm³/mol. The Morgan fingerprint density at radius 3 is 2.46 bits per heavy atom. The van der Waals surface area contributed by atoms with Crippen molar-refractivity contribution >= 4 is 24.8 Å². The number of nitrogens with zero attached hydrogens (tertiary/aromatic N) is 1. The van der Waals surface area contributed by atoms with Crippen LogP contribution in [-0.2, 0) is 25.0 Å². The number of fused-ring (bicyclic) bond motifs is 2. The second kappa shape index (κ2) is 9.95. The molecular formula is C19H20N3O12P. The maximum Gasteiger partial charge on any atom is 0.527 e. The second-order valence-corrected chi connectivity index (χ2v) is 8.73. The molecule has 0 fully saturated rings. The Morgan fingerprint density at radius 2 is 1.80 bits per heavy atom. The number of aliphatic carboxylic acids is 1. The van der Waals surface area contributed by atoms with Crippen LogP contribution in [0.2, 0.25) is 0 Å². The summed E-state index contributed by atoms with van der Waals surface area (Å²) in [5, 5.41) is 39.5. The average Bonchev–Trinajstić information content (AvgIpc) is 2.77. The summed E-state index contributed by atoms with van der Waals surface area (Å²) in [4.78, 5) is 60.5. The zero-order valence-electron chi connectivity index (χ0n) is 17.7. The predicted octanol–water partition coefficient (Wildman–Crippen LogP) is -1.70. The maximum absolute atomic E-state index is 12.3. The number of pyridine rings is 1. The second-order valence-electron chi connectivity index (χ2n) is 7.36. The summed E-state index contributed by atoms with van der Waals surface area (Å²) in [6, 6.07) is 5.22. The topological polar surface area (TPSA) is 241 Å². The summed E-state index contributed by atoms with van der Waals surface area (Å²) in [5.41, 5.74) is -1.58. The number of benzene rings is 1. The van der Waals surface area contributed by atoms with E-state index >= 15 is 0 Å². The molecule has 1 aliphatic heterocycles. The van der Waals surface area contributed by atoms with Gasteiger partial charge in [0, 0.05) is 6.07 Å². The highest BCUT2D eigenvalue weighted by molar-refractivity contribution is 7.47. The van der Waals surface area contributed by atoms with E-state index in [1.807, 2.05) is 4.98 Å². The number of carbonyl (C=O) groups is 1. The molecule has 0 aromatic carbocycles. The third kappa shape index (κ3) is 5.92. The molecule has 1 unspecified atom stereocenters. The molecule has 2 aliphatic rings. The summed E-state index contributed by atoms with van der Waals surface area (Å²) in [6.07, 6.45) is -5.82. The molecule has 3 rings (SSSR count). The average molecular weight is 513 g/mol. The number of rotatable bonds is 10. The Hall–Kier alpha value is -3.59. The van der Waals surface area contributed by atoms with Gasteiger partial charge in [0.15, 0.2) is 5.43 Å². The van der Waals surface area contributed by atoms with Crippen LogP contribution in [0.3, 0.4) is 0 Å². The first-order valence-corrected chi connectivity index (χ1v) is 11.2. The standard InChI is InChI=1S/C19H20N3O12P/c1-8(18(28)29)34-35(31,32)33-7-14(25)15(26)13(24)6-22-12-5-10(23)3-2-9(12)4-11-16(22)20-19(30)21-17(11)27/h2-5,13-15,24-26H,1,6-7H2,(H,28,29)(H,31,32)(H2,20,21,27,30)/t13-,14+,15-/m0/s1. The molecule has 1 aliphatic carbocycles. The van der Waals surface area contributed by atoms with Crippen LogP contribution in [0.15, 0.2) is 51.0 Å². The van der Waals surface area contributed by atoms with Gasteiger partial charge in [0.2, 0.25) is 5.76 Å². The molecule has 0 radical (unpaired) electrons. The minimum Gasteiger partial charge on any atom is -0.475 e. The monoisotopic (exact) mass is 513 g/mol. The van der Waals surface area contributed by atoms with Crippen LogP contribution in [0.5, 0.6) is 0 Å². The first kappa shape index (κ1) is 26.0. The van der Waals surface area contributed by atoms with E-state index in [0.717, 1.165) is 0 Å². The SMILES string of the molecule is C=C(OP(=O)(O)OC[C@@H](O)[C@@H](O)[C@@H](O)Cn1c2cc(=O)ccc-2cc2c(=O)[nH]c(=O)[nH]c21)C(=O)O. The van der Waals surface area contributed by atoms with Crippen LogP contribution in [-0.4, -0.2) is 70.7 Å². The van der Waals surface area contributed by atoms with Crippen molar-refractivity contribution in [1.82, 2.24) is 14.5 Å². The molecule has 0 bridgehead atoms. The molecule has 0 saturated heterocycles. The molecule has 2 heterocycles. The molecule has 0 spiro atoms. The van der Waals surface area contributed by atoms with Gasteiger partial charge in [-0.05, 0) is 30.3 Å². The molecule has 16 heteroatoms. The number of carboxylic acid groups (broad SMARTS) is 1. The molecule has 0 amide bonds. The van der Waals surface area contributed by atoms with Crippen LogP contribution in [0, 0.1) is 0 Å². The molecule has 4 atom stereocenters. The number of nitrogens with one attached hydrogen (secondary N) is 2. The lowest BCUT2D eigenvalue weighted by atomic mass is 10.0. The summed E-state index contributed by atoms with van der Waals surface area (Å²) >= 11 is 0. The molecule has 0 saturated carbocycles. The van der Waals surface area contributed by atoms with E-state index in [0.29, 0.717) is 5.56 Å². The number of phosphoric acid groups is 1. The number of hydrogen-bond donors (Lipinski definition) is 7. The molecular weight excluding hydrogens is 493 g/mol. The van der Waals surface area contributed by atoms with Gasteiger partial charge < -0.3 is 29.5 Å². The fraction of sp³-hybridized carbons (Fsp3) is 0.263. The third-order valence-corrected chi connectivity index (χ3v) is 5.78. The van der Waals surface area contributed by atoms with E-state index in [4.69, 9.17) is 5.11 Å². The number of aliphatic hydroxyl groups excluding tert-OH is 3. The van der Waals surface area contributed by atoms with Crippen molar-refractivity contribution in [2.75, 3.05) is 6.61 Å². The Bertz CT molecular complexity index is 1470. The Morgan fingerprint density at radius 1 is 1.11 bits per heavy atom. The third-order valence-electron chi connectivity index (χ3n) is 4.85. The smallest absolute Gasteiger partial charge is 0.475 e. The van der Waals surface area contributed by atoms with Crippen molar-refractivity contribution in [2.45, 2.75) is 24.9 Å². The lowest BCUT2D eigenvalue weighted by Crippen LogP contribution is -2.42. The number of carboxylic acids is 1. The minimum atomic E-state index is -5.03. The van der Waals surface area contributed by atoms with Crippen molar-refractivity contribution in [1.29, 1.82) is 0 Å². The van der Waals surface area contributed by atoms with Gasteiger partial charge in [-0.2, -0.15) is 0 Å². The fourth-order valence-electron chi connectivity index (χ4n) is 3.20. The van der Waals surface area contributed by atoms with Crippen LogP contribution in [0.1, 0.15) is 0 Å². The van der Waals surface area contributed by atoms with Crippen molar-refractivity contribution in [3.8, 4) is 11.3 Å². The van der Waals surface area contributed by atoms with Gasteiger partial charge in [0.25, 0.3) is 5.56 Å². The van der Waals surface area contributed by atoms with E-state index in [9.17, 15) is 44.0 Å². The Kier molecular flexibility index (Phi) is 7.40. The van der Waals surface area contributed by atoms with Gasteiger partial charge in [-0.1, -0.05) is 0 Å². The largest absolute Gasteiger partial charge is 0.527 e. The van der Waals surface area contributed by atoms with E-state index in [1.54, 1.807) is 0 Å². The molecule has 15 nitrogen and oxygen atoms in total. The zero-order valence-corrected chi connectivity index (χ0v) is 18.5. The van der Waals surface area contributed by atoms with Crippen molar-refractivity contribution in [3.05, 3.63) is 67.7 Å². The first-order chi connectivity index (χ1) is 16.3. The first-order valence-electron chi connectivity index (χ1n) is 9.72. The summed E-state index contributed by atoms with van der Waals surface area (Å²) < 4.78 is 21.5. The van der Waals surface area contributed by atoms with Gasteiger partial charge in [-0.3, -0.25) is 29.0 Å². The lowest BCUT2D eigenvalue weighted by Gasteiger charge is -2.26. The van der Waals surface area contributed by atoms with Crippen LogP contribution in [0.4, 0.5) is 0 Å². The van der Waals surface area contributed by atoms with Gasteiger partial charge in [0.05, 0.1) is 24.2 Å². The van der Waals surface area contributed by atoms with Gasteiger partial charge >= 0.3 is 19.5 Å². The zero-order chi connectivity index (χ0) is 26.1. The number of aliphatic hydroxyl groups is 3. The number of hydrogen-bond acceptors (Lipinski definition) is 10. The van der Waals surface area contributed by atoms with Crippen molar-refractivity contribution < 1.29 is 43.7 Å². The summed E-state index contributed by atoms with van der Waals surface area (Å²) in [7, 11) is -5.03. The number of phosphoric ester groups is 1. The van der Waals surface area contributed by atoms with Crippen LogP contribution < -0.4 is 16.7 Å². The van der Waals surface area contributed by atoms with E-state index in [2.05, 4.69) is 20.6 Å². The van der Waals surface area contributed by atoms with E-state index < -0.39 is 67.7 Å². The van der Waals surface area contributed by atoms with Crippen LogP contribution >= 0.6 is 7.82 Å². The summed E-state index contributed by atoms with van der Waals surface area (Å²) in [6.45, 7) is 1.26. The molecule has 1 aromatic heterocycles.